The predicted molar refractivity (Wildman–Crippen MR) is 74.8 cm³/mol. The third kappa shape index (κ3) is 6.05. The molecule has 2 unspecified atom stereocenters. The van der Waals surface area contributed by atoms with Gasteiger partial charge in [-0.05, 0) is 24.8 Å². The Kier molecular flexibility index (Phi) is 6.05. The van der Waals surface area contributed by atoms with E-state index in [1.54, 1.807) is 0 Å². The lowest BCUT2D eigenvalue weighted by molar-refractivity contribution is 0.118. The first kappa shape index (κ1) is 14.2. The van der Waals surface area contributed by atoms with Crippen molar-refractivity contribution in [3.05, 3.63) is 0 Å². The SMILES string of the molecule is CCCCCCC1COC(C[Si](C)(C)C)C1. The standard InChI is InChI=1S/C14H30OSi/c1-5-6-7-8-9-13-10-14(15-11-13)12-16(2,3)4/h13-14H,5-12H2,1-4H3. The van der Waals surface area contributed by atoms with Crippen LogP contribution in [0.25, 0.3) is 0 Å². The van der Waals surface area contributed by atoms with Gasteiger partial charge in [-0.25, -0.2) is 0 Å². The maximum atomic E-state index is 5.93. The molecule has 0 aromatic carbocycles. The predicted octanol–water partition coefficient (Wildman–Crippen LogP) is 4.70. The molecule has 1 heterocycles. The van der Waals surface area contributed by atoms with Crippen LogP contribution in [0, 0.1) is 5.92 Å². The summed E-state index contributed by atoms with van der Waals surface area (Å²) in [7, 11) is -0.921. The molecule has 1 saturated heterocycles. The van der Waals surface area contributed by atoms with E-state index in [1.807, 2.05) is 0 Å². The van der Waals surface area contributed by atoms with Gasteiger partial charge < -0.3 is 4.74 Å². The van der Waals surface area contributed by atoms with Gasteiger partial charge in [0.1, 0.15) is 0 Å². The molecule has 96 valence electrons. The van der Waals surface area contributed by atoms with Crippen molar-refractivity contribution < 1.29 is 4.74 Å². The highest BCUT2D eigenvalue weighted by atomic mass is 28.3. The molecule has 0 saturated carbocycles. The second kappa shape index (κ2) is 6.80. The van der Waals surface area contributed by atoms with Gasteiger partial charge in [0.25, 0.3) is 0 Å². The molecule has 0 N–H and O–H groups in total. The topological polar surface area (TPSA) is 9.23 Å². The van der Waals surface area contributed by atoms with Crippen LogP contribution in [0.2, 0.25) is 25.7 Å². The van der Waals surface area contributed by atoms with Gasteiger partial charge >= 0.3 is 0 Å². The fourth-order valence-electron chi connectivity index (χ4n) is 2.67. The molecule has 1 aliphatic heterocycles. The maximum absolute atomic E-state index is 5.93. The number of ether oxygens (including phenoxy) is 1. The van der Waals surface area contributed by atoms with Crippen LogP contribution in [0.15, 0.2) is 0 Å². The minimum absolute atomic E-state index is 0.600. The lowest BCUT2D eigenvalue weighted by atomic mass is 9.98. The Morgan fingerprint density at radius 3 is 2.50 bits per heavy atom. The largest absolute Gasteiger partial charge is 0.378 e. The third-order valence-corrected chi connectivity index (χ3v) is 5.15. The van der Waals surface area contributed by atoms with E-state index in [4.69, 9.17) is 4.74 Å². The number of rotatable bonds is 7. The summed E-state index contributed by atoms with van der Waals surface area (Å²) in [6.45, 7) is 10.7. The molecule has 0 aromatic heterocycles. The molecule has 0 spiro atoms. The molecular formula is C14H30OSi. The summed E-state index contributed by atoms with van der Waals surface area (Å²) in [6.07, 6.45) is 8.94. The Hall–Kier alpha value is 0.177. The molecule has 0 radical (unpaired) electrons. The molecule has 1 aliphatic rings. The van der Waals surface area contributed by atoms with E-state index in [0.717, 1.165) is 12.5 Å². The Balaban J connectivity index is 2.10. The normalized spacial score (nSPS) is 26.2. The number of unbranched alkanes of at least 4 members (excludes halogenated alkanes) is 3. The summed E-state index contributed by atoms with van der Waals surface area (Å²) in [6, 6.07) is 1.36. The molecule has 0 bridgehead atoms. The van der Waals surface area contributed by atoms with Gasteiger partial charge in [-0.1, -0.05) is 52.2 Å². The molecule has 2 atom stereocenters. The second-order valence-electron chi connectivity index (χ2n) is 6.67. The first-order valence-electron chi connectivity index (χ1n) is 7.13. The molecule has 1 rings (SSSR count). The van der Waals surface area contributed by atoms with Gasteiger partial charge in [-0.15, -0.1) is 0 Å². The zero-order valence-corrected chi connectivity index (χ0v) is 12.7. The summed E-state index contributed by atoms with van der Waals surface area (Å²) in [4.78, 5) is 0. The Bertz CT molecular complexity index is 186. The van der Waals surface area contributed by atoms with E-state index in [9.17, 15) is 0 Å². The van der Waals surface area contributed by atoms with E-state index in [-0.39, 0.29) is 0 Å². The van der Waals surface area contributed by atoms with Crippen molar-refractivity contribution in [3.8, 4) is 0 Å². The molecule has 0 amide bonds. The summed E-state index contributed by atoms with van der Waals surface area (Å²) < 4.78 is 5.93. The second-order valence-corrected chi connectivity index (χ2v) is 12.2. The van der Waals surface area contributed by atoms with Crippen LogP contribution < -0.4 is 0 Å². The average molecular weight is 242 g/mol. The van der Waals surface area contributed by atoms with Crippen LogP contribution in [0.3, 0.4) is 0 Å². The highest BCUT2D eigenvalue weighted by molar-refractivity contribution is 6.76. The van der Waals surface area contributed by atoms with Crippen LogP contribution in [-0.2, 0) is 4.74 Å². The lowest BCUT2D eigenvalue weighted by Crippen LogP contribution is -2.26. The Morgan fingerprint density at radius 2 is 1.88 bits per heavy atom. The Morgan fingerprint density at radius 1 is 1.12 bits per heavy atom. The van der Waals surface area contributed by atoms with Crippen molar-refractivity contribution in [2.24, 2.45) is 5.92 Å². The molecule has 0 aliphatic carbocycles. The third-order valence-electron chi connectivity index (χ3n) is 3.47. The van der Waals surface area contributed by atoms with E-state index < -0.39 is 8.07 Å². The van der Waals surface area contributed by atoms with Crippen molar-refractivity contribution >= 4 is 8.07 Å². The van der Waals surface area contributed by atoms with Crippen molar-refractivity contribution in [1.29, 1.82) is 0 Å². The van der Waals surface area contributed by atoms with Crippen LogP contribution in [0.4, 0.5) is 0 Å². The fourth-order valence-corrected chi connectivity index (χ4v) is 4.32. The lowest BCUT2D eigenvalue weighted by Gasteiger charge is -2.20. The molecule has 0 aromatic rings. The zero-order valence-electron chi connectivity index (χ0n) is 11.7. The minimum atomic E-state index is -0.921. The molecule has 1 fully saturated rings. The van der Waals surface area contributed by atoms with Crippen LogP contribution >= 0.6 is 0 Å². The number of hydrogen-bond acceptors (Lipinski definition) is 1. The summed E-state index contributed by atoms with van der Waals surface area (Å²) in [5, 5.41) is 0. The molecular weight excluding hydrogens is 212 g/mol. The molecule has 2 heteroatoms. The van der Waals surface area contributed by atoms with E-state index in [0.29, 0.717) is 6.10 Å². The molecule has 1 nitrogen and oxygen atoms in total. The van der Waals surface area contributed by atoms with E-state index in [1.165, 1.54) is 44.6 Å². The summed E-state index contributed by atoms with van der Waals surface area (Å²) >= 11 is 0. The highest BCUT2D eigenvalue weighted by Gasteiger charge is 2.29. The van der Waals surface area contributed by atoms with Crippen LogP contribution in [0.5, 0.6) is 0 Å². The van der Waals surface area contributed by atoms with Gasteiger partial charge in [-0.2, -0.15) is 0 Å². The summed E-state index contributed by atoms with van der Waals surface area (Å²) in [5.41, 5.74) is 0. The quantitative estimate of drug-likeness (QED) is 0.464. The van der Waals surface area contributed by atoms with Crippen LogP contribution in [0.1, 0.15) is 45.4 Å². The van der Waals surface area contributed by atoms with Gasteiger partial charge in [0.05, 0.1) is 6.10 Å². The first-order valence-corrected chi connectivity index (χ1v) is 10.8. The fraction of sp³-hybridized carbons (Fsp3) is 1.00. The van der Waals surface area contributed by atoms with Gasteiger partial charge in [-0.3, -0.25) is 0 Å². The highest BCUT2D eigenvalue weighted by Crippen LogP contribution is 2.29. The van der Waals surface area contributed by atoms with Gasteiger partial charge in [0.15, 0.2) is 0 Å². The zero-order chi connectivity index (χ0) is 12.0. The number of hydrogen-bond donors (Lipinski definition) is 0. The van der Waals surface area contributed by atoms with Crippen molar-refractivity contribution in [1.82, 2.24) is 0 Å². The summed E-state index contributed by atoms with van der Waals surface area (Å²) in [5.74, 6) is 0.873. The van der Waals surface area contributed by atoms with Crippen molar-refractivity contribution in [2.75, 3.05) is 6.61 Å². The average Bonchev–Trinajstić information content (AvgIpc) is 2.58. The van der Waals surface area contributed by atoms with Gasteiger partial charge in [0, 0.05) is 14.7 Å². The minimum Gasteiger partial charge on any atom is -0.378 e. The molecule has 16 heavy (non-hydrogen) atoms. The first-order chi connectivity index (χ1) is 7.51. The van der Waals surface area contributed by atoms with Crippen LogP contribution in [-0.4, -0.2) is 20.8 Å². The van der Waals surface area contributed by atoms with Crippen molar-refractivity contribution in [2.45, 2.75) is 77.2 Å². The smallest absolute Gasteiger partial charge is 0.0555 e. The van der Waals surface area contributed by atoms with Gasteiger partial charge in [0.2, 0.25) is 0 Å². The van der Waals surface area contributed by atoms with E-state index in [2.05, 4.69) is 26.6 Å². The maximum Gasteiger partial charge on any atom is 0.0555 e. The Labute approximate surface area is 103 Å². The van der Waals surface area contributed by atoms with Crippen molar-refractivity contribution in [3.63, 3.8) is 0 Å². The van der Waals surface area contributed by atoms with E-state index >= 15 is 0 Å². The monoisotopic (exact) mass is 242 g/mol.